The molecule has 0 fully saturated rings. The van der Waals surface area contributed by atoms with Gasteiger partial charge in [-0.2, -0.15) is 14.9 Å². The summed E-state index contributed by atoms with van der Waals surface area (Å²) < 4.78 is 1.23. The van der Waals surface area contributed by atoms with E-state index in [1.165, 1.54) is 4.68 Å². The second kappa shape index (κ2) is 4.69. The van der Waals surface area contributed by atoms with Crippen LogP contribution in [-0.2, 0) is 6.42 Å². The van der Waals surface area contributed by atoms with Crippen molar-refractivity contribution in [1.29, 1.82) is 0 Å². The van der Waals surface area contributed by atoms with Crippen molar-refractivity contribution in [3.05, 3.63) is 38.8 Å². The van der Waals surface area contributed by atoms with Crippen molar-refractivity contribution in [2.45, 2.75) is 20.3 Å². The van der Waals surface area contributed by atoms with Crippen LogP contribution >= 0.6 is 11.6 Å². The Labute approximate surface area is 108 Å². The highest BCUT2D eigenvalue weighted by molar-refractivity contribution is 6.32. The van der Waals surface area contributed by atoms with Gasteiger partial charge >= 0.3 is 5.69 Å². The zero-order valence-electron chi connectivity index (χ0n) is 9.79. The monoisotopic (exact) mass is 267 g/mol. The highest BCUT2D eigenvalue weighted by Crippen LogP contribution is 2.30. The van der Waals surface area contributed by atoms with Crippen LogP contribution in [-0.4, -0.2) is 24.9 Å². The molecule has 7 nitrogen and oxygen atoms in total. The number of halogens is 1. The minimum atomic E-state index is -0.535. The number of hydrogen-bond acceptors (Lipinski definition) is 5. The zero-order valence-corrected chi connectivity index (χ0v) is 10.5. The topological polar surface area (TPSA) is 86.7 Å². The molecule has 0 saturated carbocycles. The minimum absolute atomic E-state index is 0.0602. The Morgan fingerprint density at radius 3 is 2.61 bits per heavy atom. The van der Waals surface area contributed by atoms with E-state index < -0.39 is 4.92 Å². The van der Waals surface area contributed by atoms with Crippen LogP contribution in [0.2, 0.25) is 5.15 Å². The Morgan fingerprint density at radius 1 is 1.44 bits per heavy atom. The summed E-state index contributed by atoms with van der Waals surface area (Å²) in [6, 6.07) is 3.39. The Bertz CT molecular complexity index is 593. The summed E-state index contributed by atoms with van der Waals surface area (Å²) in [6.45, 7) is 3.57. The second-order valence-electron chi connectivity index (χ2n) is 3.64. The summed E-state index contributed by atoms with van der Waals surface area (Å²) in [5.74, 6) is 0.355. The van der Waals surface area contributed by atoms with Crippen molar-refractivity contribution in [2.75, 3.05) is 0 Å². The molecule has 2 rings (SSSR count). The molecule has 0 amide bonds. The molecular weight excluding hydrogens is 258 g/mol. The molecule has 0 N–H and O–H groups in total. The van der Waals surface area contributed by atoms with Crippen LogP contribution in [0.3, 0.4) is 0 Å². The zero-order chi connectivity index (χ0) is 13.3. The maximum atomic E-state index is 10.9. The molecule has 0 saturated heterocycles. The number of aryl methyl sites for hydroxylation is 2. The molecule has 0 aliphatic rings. The molecule has 2 aromatic rings. The molecule has 0 unspecified atom stereocenters. The molecule has 0 radical (unpaired) electrons. The van der Waals surface area contributed by atoms with Gasteiger partial charge in [0.1, 0.15) is 5.69 Å². The number of aromatic nitrogens is 4. The van der Waals surface area contributed by atoms with Crippen molar-refractivity contribution in [2.24, 2.45) is 0 Å². The molecule has 0 aliphatic carbocycles. The first-order chi connectivity index (χ1) is 8.54. The molecule has 0 aliphatic heterocycles. The molecule has 2 heterocycles. The lowest BCUT2D eigenvalue weighted by Gasteiger charge is -1.99. The fourth-order valence-electron chi connectivity index (χ4n) is 1.51. The van der Waals surface area contributed by atoms with Crippen molar-refractivity contribution >= 4 is 17.3 Å². The van der Waals surface area contributed by atoms with Gasteiger partial charge in [0.2, 0.25) is 5.15 Å². The smallest absolute Gasteiger partial charge is 0.258 e. The quantitative estimate of drug-likeness (QED) is 0.628. The van der Waals surface area contributed by atoms with Gasteiger partial charge in [-0.1, -0.05) is 18.5 Å². The van der Waals surface area contributed by atoms with Crippen molar-refractivity contribution in [3.63, 3.8) is 0 Å². The van der Waals surface area contributed by atoms with E-state index in [2.05, 4.69) is 15.3 Å². The van der Waals surface area contributed by atoms with Gasteiger partial charge in [0.05, 0.1) is 10.6 Å². The summed E-state index contributed by atoms with van der Waals surface area (Å²) in [4.78, 5) is 10.4. The van der Waals surface area contributed by atoms with Gasteiger partial charge in [-0.25, -0.2) is 0 Å². The SMILES string of the molecule is CCc1nn(-c2ccc(C)nn2)c(Cl)c1[N+](=O)[O-]. The standard InChI is InChI=1S/C10H10ClN5O2/c1-3-7-9(16(17)18)10(11)15(14-7)8-5-4-6(2)12-13-8/h4-5H,3H2,1-2H3. The number of rotatable bonds is 3. The maximum Gasteiger partial charge on any atom is 0.329 e. The lowest BCUT2D eigenvalue weighted by atomic mass is 10.3. The highest BCUT2D eigenvalue weighted by Gasteiger charge is 2.26. The first kappa shape index (κ1) is 12.4. The summed E-state index contributed by atoms with van der Waals surface area (Å²) >= 11 is 5.97. The van der Waals surface area contributed by atoms with Crippen LogP contribution in [0.5, 0.6) is 0 Å². The Kier molecular flexibility index (Phi) is 3.24. The molecular formula is C10H10ClN5O2. The number of nitro groups is 1. The van der Waals surface area contributed by atoms with Crippen LogP contribution in [0, 0.1) is 17.0 Å². The summed E-state index contributed by atoms with van der Waals surface area (Å²) in [6.07, 6.45) is 0.419. The molecule has 0 atom stereocenters. The summed E-state index contributed by atoms with van der Waals surface area (Å²) in [5, 5.41) is 22.7. The summed E-state index contributed by atoms with van der Waals surface area (Å²) in [7, 11) is 0. The van der Waals surface area contributed by atoms with E-state index in [0.29, 0.717) is 17.9 Å². The van der Waals surface area contributed by atoms with Gasteiger partial charge in [-0.15, -0.1) is 5.10 Å². The van der Waals surface area contributed by atoms with Gasteiger partial charge in [0.15, 0.2) is 5.82 Å². The molecule has 0 bridgehead atoms. The number of hydrogen-bond donors (Lipinski definition) is 0. The number of nitrogens with zero attached hydrogens (tertiary/aromatic N) is 5. The fraction of sp³-hybridized carbons (Fsp3) is 0.300. The first-order valence-corrected chi connectivity index (χ1v) is 5.65. The molecule has 0 spiro atoms. The molecule has 94 valence electrons. The summed E-state index contributed by atoms with van der Waals surface area (Å²) in [5.41, 5.74) is 0.890. The average Bonchev–Trinajstić information content (AvgIpc) is 2.67. The minimum Gasteiger partial charge on any atom is -0.258 e. The average molecular weight is 268 g/mol. The molecule has 8 heteroatoms. The third kappa shape index (κ3) is 2.04. The van der Waals surface area contributed by atoms with Crippen LogP contribution in [0.15, 0.2) is 12.1 Å². The Morgan fingerprint density at radius 2 is 2.17 bits per heavy atom. The van der Waals surface area contributed by atoms with E-state index in [-0.39, 0.29) is 10.8 Å². The van der Waals surface area contributed by atoms with Crippen LogP contribution in [0.1, 0.15) is 18.3 Å². The van der Waals surface area contributed by atoms with Gasteiger partial charge in [-0.3, -0.25) is 10.1 Å². The third-order valence-electron chi connectivity index (χ3n) is 2.39. The fourth-order valence-corrected chi connectivity index (χ4v) is 1.81. The third-order valence-corrected chi connectivity index (χ3v) is 2.73. The van der Waals surface area contributed by atoms with Crippen molar-refractivity contribution < 1.29 is 4.92 Å². The van der Waals surface area contributed by atoms with Crippen LogP contribution in [0.4, 0.5) is 5.69 Å². The van der Waals surface area contributed by atoms with E-state index in [0.717, 1.165) is 5.69 Å². The normalized spacial score (nSPS) is 10.6. The van der Waals surface area contributed by atoms with E-state index in [1.807, 2.05) is 0 Å². The Balaban J connectivity index is 2.59. The van der Waals surface area contributed by atoms with Gasteiger partial charge in [0, 0.05) is 0 Å². The van der Waals surface area contributed by atoms with Crippen molar-refractivity contribution in [3.8, 4) is 5.82 Å². The van der Waals surface area contributed by atoms with Crippen LogP contribution < -0.4 is 0 Å². The van der Waals surface area contributed by atoms with Gasteiger partial charge in [0.25, 0.3) is 0 Å². The van der Waals surface area contributed by atoms with Crippen molar-refractivity contribution in [1.82, 2.24) is 20.0 Å². The predicted molar refractivity (Wildman–Crippen MR) is 64.9 cm³/mol. The lowest BCUT2D eigenvalue weighted by molar-refractivity contribution is -0.385. The Hall–Kier alpha value is -2.02. The molecule has 0 aromatic carbocycles. The molecule has 2 aromatic heterocycles. The lowest BCUT2D eigenvalue weighted by Crippen LogP contribution is -2.02. The second-order valence-corrected chi connectivity index (χ2v) is 4.00. The largest absolute Gasteiger partial charge is 0.329 e. The van der Waals surface area contributed by atoms with E-state index >= 15 is 0 Å². The molecule has 18 heavy (non-hydrogen) atoms. The van der Waals surface area contributed by atoms with Gasteiger partial charge in [-0.05, 0) is 25.5 Å². The van der Waals surface area contributed by atoms with Crippen LogP contribution in [0.25, 0.3) is 5.82 Å². The van der Waals surface area contributed by atoms with E-state index in [4.69, 9.17) is 11.6 Å². The maximum absolute atomic E-state index is 10.9. The van der Waals surface area contributed by atoms with E-state index in [1.54, 1.807) is 26.0 Å². The van der Waals surface area contributed by atoms with E-state index in [9.17, 15) is 10.1 Å². The first-order valence-electron chi connectivity index (χ1n) is 5.27. The van der Waals surface area contributed by atoms with Gasteiger partial charge < -0.3 is 0 Å². The predicted octanol–water partition coefficient (Wildman–Crippen LogP) is 2.09. The highest BCUT2D eigenvalue weighted by atomic mass is 35.5.